The molecule has 1 amide bonds. The summed E-state index contributed by atoms with van der Waals surface area (Å²) in [6.07, 6.45) is -3.07. The van der Waals surface area contributed by atoms with Crippen LogP contribution in [0.15, 0.2) is 71.7 Å². The standard InChI is InChI=1S/C23H25F3N2O3S/c1-5-6-22(29)27-32(30,31)20-13-11-19(12-14-20)28(4)21(15-17(3)23(24,25)26)18-9-7-16(2)8-10-18/h7-15H,3,5-6H2,1-2,4H3,(H,27,29)/b21-15-. The summed E-state index contributed by atoms with van der Waals surface area (Å²) in [5, 5.41) is 0. The van der Waals surface area contributed by atoms with Gasteiger partial charge in [-0.2, -0.15) is 13.2 Å². The summed E-state index contributed by atoms with van der Waals surface area (Å²) < 4.78 is 66.1. The molecule has 0 spiro atoms. The van der Waals surface area contributed by atoms with Crippen molar-refractivity contribution in [3.63, 3.8) is 0 Å². The highest BCUT2D eigenvalue weighted by molar-refractivity contribution is 7.90. The van der Waals surface area contributed by atoms with E-state index in [1.807, 2.05) is 11.6 Å². The number of nitrogens with one attached hydrogen (secondary N) is 1. The highest BCUT2D eigenvalue weighted by Crippen LogP contribution is 2.31. The normalized spacial score (nSPS) is 12.4. The largest absolute Gasteiger partial charge is 0.415 e. The van der Waals surface area contributed by atoms with E-state index in [2.05, 4.69) is 6.58 Å². The molecule has 0 aromatic heterocycles. The molecule has 5 nitrogen and oxygen atoms in total. The molecule has 2 aromatic rings. The number of amides is 1. The van der Waals surface area contributed by atoms with E-state index in [0.29, 0.717) is 17.7 Å². The zero-order valence-corrected chi connectivity index (χ0v) is 18.8. The first kappa shape index (κ1) is 25.2. The smallest absolute Gasteiger partial charge is 0.344 e. The highest BCUT2D eigenvalue weighted by Gasteiger charge is 2.31. The van der Waals surface area contributed by atoms with Gasteiger partial charge < -0.3 is 4.90 Å². The molecule has 0 aliphatic heterocycles. The molecule has 9 heteroatoms. The Morgan fingerprint density at radius 3 is 2.16 bits per heavy atom. The number of hydrogen-bond acceptors (Lipinski definition) is 4. The molecule has 0 bridgehead atoms. The Balaban J connectivity index is 2.40. The lowest BCUT2D eigenvalue weighted by atomic mass is 10.1. The van der Waals surface area contributed by atoms with Crippen LogP contribution in [0.25, 0.3) is 5.70 Å². The maximum Gasteiger partial charge on any atom is 0.415 e. The van der Waals surface area contributed by atoms with Crippen LogP contribution in [-0.4, -0.2) is 27.5 Å². The summed E-state index contributed by atoms with van der Waals surface area (Å²) in [5.74, 6) is -0.607. The van der Waals surface area contributed by atoms with Crippen molar-refractivity contribution in [3.05, 3.63) is 77.9 Å². The quantitative estimate of drug-likeness (QED) is 0.544. The molecule has 1 N–H and O–H groups in total. The van der Waals surface area contributed by atoms with Crippen molar-refractivity contribution in [2.75, 3.05) is 11.9 Å². The lowest BCUT2D eigenvalue weighted by Gasteiger charge is -2.24. The van der Waals surface area contributed by atoms with Gasteiger partial charge in [0.15, 0.2) is 0 Å². The predicted octanol–water partition coefficient (Wildman–Crippen LogP) is 5.20. The molecule has 32 heavy (non-hydrogen) atoms. The third kappa shape index (κ3) is 6.46. The third-order valence-electron chi connectivity index (χ3n) is 4.64. The fourth-order valence-electron chi connectivity index (χ4n) is 2.82. The maximum absolute atomic E-state index is 13.1. The minimum absolute atomic E-state index is 0.0772. The summed E-state index contributed by atoms with van der Waals surface area (Å²) in [5.41, 5.74) is 1.15. The molecule has 2 rings (SSSR count). The third-order valence-corrected chi connectivity index (χ3v) is 6.03. The van der Waals surface area contributed by atoms with E-state index < -0.39 is 27.7 Å². The van der Waals surface area contributed by atoms with Crippen LogP contribution in [0.5, 0.6) is 0 Å². The second-order valence-corrected chi connectivity index (χ2v) is 8.93. The molecule has 0 aliphatic rings. The Bertz CT molecular complexity index is 1100. The number of hydrogen-bond donors (Lipinski definition) is 1. The van der Waals surface area contributed by atoms with Gasteiger partial charge in [-0.05, 0) is 49.2 Å². The fraction of sp³-hybridized carbons (Fsp3) is 0.261. The van der Waals surface area contributed by atoms with E-state index in [4.69, 9.17) is 0 Å². The van der Waals surface area contributed by atoms with Crippen LogP contribution in [0.1, 0.15) is 30.9 Å². The van der Waals surface area contributed by atoms with Gasteiger partial charge in [-0.1, -0.05) is 43.3 Å². The van der Waals surface area contributed by atoms with Crippen molar-refractivity contribution in [2.45, 2.75) is 37.8 Å². The molecule has 0 aliphatic carbocycles. The number of aryl methyl sites for hydroxylation is 1. The van der Waals surface area contributed by atoms with Crippen LogP contribution in [0, 0.1) is 6.92 Å². The van der Waals surface area contributed by atoms with Crippen LogP contribution in [0.3, 0.4) is 0 Å². The molecule has 0 unspecified atom stereocenters. The number of alkyl halides is 3. The van der Waals surface area contributed by atoms with Gasteiger partial charge in [-0.3, -0.25) is 4.79 Å². The molecule has 0 atom stereocenters. The Labute approximate surface area is 186 Å². The van der Waals surface area contributed by atoms with Crippen molar-refractivity contribution >= 4 is 27.3 Å². The van der Waals surface area contributed by atoms with Crippen LogP contribution < -0.4 is 9.62 Å². The van der Waals surface area contributed by atoms with Crippen LogP contribution in [0.4, 0.5) is 18.9 Å². The van der Waals surface area contributed by atoms with E-state index in [1.54, 1.807) is 38.2 Å². The number of anilines is 1. The van der Waals surface area contributed by atoms with E-state index in [0.717, 1.165) is 11.6 Å². The number of rotatable bonds is 8. The van der Waals surface area contributed by atoms with Crippen molar-refractivity contribution in [3.8, 4) is 0 Å². The summed E-state index contributed by atoms with van der Waals surface area (Å²) in [4.78, 5) is 13.0. The minimum Gasteiger partial charge on any atom is -0.344 e. The maximum atomic E-state index is 13.1. The molecule has 0 fully saturated rings. The SMILES string of the molecule is C=C(/C=C(/c1ccc(C)cc1)N(C)c1ccc(S(=O)(=O)NC(=O)CCC)cc1)C(F)(F)F. The van der Waals surface area contributed by atoms with Crippen LogP contribution >= 0.6 is 0 Å². The zero-order chi connectivity index (χ0) is 24.1. The average Bonchev–Trinajstić information content (AvgIpc) is 2.71. The number of carbonyl (C=O) groups excluding carboxylic acids is 1. The van der Waals surface area contributed by atoms with E-state index in [9.17, 15) is 26.4 Å². The van der Waals surface area contributed by atoms with Gasteiger partial charge in [-0.25, -0.2) is 13.1 Å². The molecular weight excluding hydrogens is 441 g/mol. The molecule has 2 aromatic carbocycles. The van der Waals surface area contributed by atoms with Crippen molar-refractivity contribution in [1.29, 1.82) is 0 Å². The summed E-state index contributed by atoms with van der Waals surface area (Å²) >= 11 is 0. The Morgan fingerprint density at radius 1 is 1.09 bits per heavy atom. The summed E-state index contributed by atoms with van der Waals surface area (Å²) in [7, 11) is -2.46. The lowest BCUT2D eigenvalue weighted by molar-refractivity contribution is -0.119. The Hall–Kier alpha value is -3.07. The minimum atomic E-state index is -4.59. The van der Waals surface area contributed by atoms with Crippen LogP contribution in [-0.2, 0) is 14.8 Å². The molecule has 0 heterocycles. The fourth-order valence-corrected chi connectivity index (χ4v) is 3.83. The van der Waals surface area contributed by atoms with Gasteiger partial charge >= 0.3 is 6.18 Å². The monoisotopic (exact) mass is 466 g/mol. The highest BCUT2D eigenvalue weighted by atomic mass is 32.2. The van der Waals surface area contributed by atoms with Crippen molar-refractivity contribution in [2.24, 2.45) is 0 Å². The summed E-state index contributed by atoms with van der Waals surface area (Å²) in [6, 6.07) is 12.4. The number of nitrogens with zero attached hydrogens (tertiary/aromatic N) is 1. The van der Waals surface area contributed by atoms with Gasteiger partial charge in [0, 0.05) is 24.9 Å². The molecule has 0 saturated carbocycles. The van der Waals surface area contributed by atoms with Gasteiger partial charge in [0.05, 0.1) is 10.5 Å². The molecular formula is C23H25F3N2O3S. The predicted molar refractivity (Wildman–Crippen MR) is 119 cm³/mol. The van der Waals surface area contributed by atoms with Crippen LogP contribution in [0.2, 0.25) is 0 Å². The Morgan fingerprint density at radius 2 is 1.66 bits per heavy atom. The first-order valence-corrected chi connectivity index (χ1v) is 11.3. The summed E-state index contributed by atoms with van der Waals surface area (Å²) in [6.45, 7) is 6.74. The zero-order valence-electron chi connectivity index (χ0n) is 18.0. The van der Waals surface area contributed by atoms with Gasteiger partial charge in [0.1, 0.15) is 0 Å². The molecule has 0 radical (unpaired) electrons. The average molecular weight is 467 g/mol. The number of halogens is 3. The lowest BCUT2D eigenvalue weighted by Crippen LogP contribution is -2.30. The number of allylic oxidation sites excluding steroid dienone is 2. The van der Waals surface area contributed by atoms with Gasteiger partial charge in [0.2, 0.25) is 5.91 Å². The van der Waals surface area contributed by atoms with E-state index in [-0.39, 0.29) is 17.0 Å². The second-order valence-electron chi connectivity index (χ2n) is 7.25. The Kier molecular flexibility index (Phi) is 7.90. The number of carbonyl (C=O) groups is 1. The van der Waals surface area contributed by atoms with E-state index >= 15 is 0 Å². The van der Waals surface area contributed by atoms with Gasteiger partial charge in [-0.15, -0.1) is 0 Å². The number of benzene rings is 2. The first-order chi connectivity index (χ1) is 14.8. The van der Waals surface area contributed by atoms with Gasteiger partial charge in [0.25, 0.3) is 10.0 Å². The number of sulfonamides is 1. The van der Waals surface area contributed by atoms with Crippen molar-refractivity contribution in [1.82, 2.24) is 4.72 Å². The van der Waals surface area contributed by atoms with E-state index in [1.165, 1.54) is 29.2 Å². The van der Waals surface area contributed by atoms with Crippen molar-refractivity contribution < 1.29 is 26.4 Å². The second kappa shape index (κ2) is 10.0. The molecule has 172 valence electrons. The molecule has 0 saturated heterocycles. The topological polar surface area (TPSA) is 66.5 Å². The first-order valence-electron chi connectivity index (χ1n) is 9.79.